The van der Waals surface area contributed by atoms with E-state index in [1.54, 1.807) is 0 Å². The fraction of sp³-hybridized carbons (Fsp3) is 0.417. The Morgan fingerprint density at radius 1 is 1.13 bits per heavy atom. The number of para-hydroxylation sites is 2. The molecule has 2 heterocycles. The van der Waals surface area contributed by atoms with Gasteiger partial charge in [0.25, 0.3) is 0 Å². The van der Waals surface area contributed by atoms with E-state index in [1.165, 1.54) is 23.9 Å². The minimum absolute atomic E-state index is 0.158. The molecule has 0 saturated heterocycles. The predicted octanol–water partition coefficient (Wildman–Crippen LogP) is 3.36. The minimum atomic E-state index is 0.158. The Morgan fingerprint density at radius 2 is 1.97 bits per heavy atom. The quantitative estimate of drug-likeness (QED) is 0.349. The third kappa shape index (κ3) is 3.92. The molecule has 31 heavy (non-hydrogen) atoms. The average molecular weight is 420 g/mol. The van der Waals surface area contributed by atoms with Crippen molar-refractivity contribution in [1.82, 2.24) is 20.2 Å². The highest BCUT2D eigenvalue weighted by atomic mass is 16.7. The van der Waals surface area contributed by atoms with Crippen molar-refractivity contribution < 1.29 is 9.47 Å². The molecule has 7 heteroatoms. The lowest BCUT2D eigenvalue weighted by molar-refractivity contribution is 0.174. The first-order valence-electron chi connectivity index (χ1n) is 11.0. The number of hydrogen-bond donors (Lipinski definition) is 2. The first-order chi connectivity index (χ1) is 15.2. The molecular weight excluding hydrogens is 390 g/mol. The molecule has 2 aliphatic rings. The first-order valence-corrected chi connectivity index (χ1v) is 11.0. The topological polar surface area (TPSA) is 72.7 Å². The molecule has 7 nitrogen and oxygen atoms in total. The highest BCUT2D eigenvalue weighted by Gasteiger charge is 2.44. The second-order valence-electron chi connectivity index (χ2n) is 8.35. The number of aliphatic imine (C=N–C) groups is 1. The monoisotopic (exact) mass is 419 g/mol. The van der Waals surface area contributed by atoms with E-state index in [2.05, 4.69) is 62.4 Å². The normalized spacial score (nSPS) is 16.5. The molecule has 0 spiro atoms. The van der Waals surface area contributed by atoms with Gasteiger partial charge in [0, 0.05) is 32.1 Å². The Kier molecular flexibility index (Phi) is 5.18. The molecule has 1 fully saturated rings. The summed E-state index contributed by atoms with van der Waals surface area (Å²) in [5.41, 5.74) is 3.72. The average Bonchev–Trinajstić information content (AvgIpc) is 3.31. The van der Waals surface area contributed by atoms with Crippen LogP contribution in [0.15, 0.2) is 47.5 Å². The minimum Gasteiger partial charge on any atom is -0.454 e. The van der Waals surface area contributed by atoms with Crippen molar-refractivity contribution in [2.75, 3.05) is 26.9 Å². The second-order valence-corrected chi connectivity index (χ2v) is 8.35. The van der Waals surface area contributed by atoms with Crippen molar-refractivity contribution in [2.24, 2.45) is 4.99 Å². The van der Waals surface area contributed by atoms with E-state index in [0.717, 1.165) is 54.9 Å². The van der Waals surface area contributed by atoms with E-state index in [-0.39, 0.29) is 5.41 Å². The van der Waals surface area contributed by atoms with Gasteiger partial charge in [-0.3, -0.25) is 4.99 Å². The lowest BCUT2D eigenvalue weighted by Gasteiger charge is -2.19. The van der Waals surface area contributed by atoms with Crippen LogP contribution in [0.4, 0.5) is 0 Å². The van der Waals surface area contributed by atoms with Crippen molar-refractivity contribution in [2.45, 2.75) is 38.1 Å². The van der Waals surface area contributed by atoms with Gasteiger partial charge in [-0.25, -0.2) is 4.98 Å². The molecule has 1 aliphatic heterocycles. The zero-order chi connectivity index (χ0) is 21.3. The maximum absolute atomic E-state index is 5.55. The van der Waals surface area contributed by atoms with Gasteiger partial charge in [0.1, 0.15) is 5.82 Å². The number of fused-ring (bicyclic) bond motifs is 2. The van der Waals surface area contributed by atoms with Crippen molar-refractivity contribution in [3.63, 3.8) is 0 Å². The maximum atomic E-state index is 5.55. The third-order valence-corrected chi connectivity index (χ3v) is 6.35. The van der Waals surface area contributed by atoms with Gasteiger partial charge >= 0.3 is 0 Å². The Hall–Kier alpha value is -3.22. The van der Waals surface area contributed by atoms with Crippen molar-refractivity contribution in [1.29, 1.82) is 0 Å². The lowest BCUT2D eigenvalue weighted by Crippen LogP contribution is -2.41. The molecule has 0 amide bonds. The fourth-order valence-corrected chi connectivity index (χ4v) is 4.34. The SMILES string of the molecule is CN=C(NCCCn1c(C)nc2ccccc21)NCC1(c2ccc3c(c2)OCO3)CC1. The van der Waals surface area contributed by atoms with E-state index in [9.17, 15) is 0 Å². The van der Waals surface area contributed by atoms with Crippen molar-refractivity contribution >= 4 is 17.0 Å². The number of ether oxygens (including phenoxy) is 2. The van der Waals surface area contributed by atoms with Crippen LogP contribution < -0.4 is 20.1 Å². The highest BCUT2D eigenvalue weighted by Crippen LogP contribution is 2.49. The number of nitrogens with zero attached hydrogens (tertiary/aromatic N) is 3. The molecule has 0 radical (unpaired) electrons. The van der Waals surface area contributed by atoms with Crippen LogP contribution in [0.5, 0.6) is 11.5 Å². The van der Waals surface area contributed by atoms with Crippen LogP contribution in [0.1, 0.15) is 30.7 Å². The standard InChI is InChI=1S/C24H29N5O2/c1-17-28-19-6-3-4-7-20(19)29(17)13-5-12-26-23(25-2)27-15-24(10-11-24)18-8-9-21-22(14-18)31-16-30-21/h3-4,6-9,14H,5,10-13,15-16H2,1-2H3,(H2,25,26,27). The summed E-state index contributed by atoms with van der Waals surface area (Å²) >= 11 is 0. The van der Waals surface area contributed by atoms with Crippen molar-refractivity contribution in [3.8, 4) is 11.5 Å². The molecule has 1 aliphatic carbocycles. The summed E-state index contributed by atoms with van der Waals surface area (Å²) in [6.45, 7) is 5.02. The first kappa shape index (κ1) is 19.7. The summed E-state index contributed by atoms with van der Waals surface area (Å²) in [5, 5.41) is 6.97. The van der Waals surface area contributed by atoms with Crippen LogP contribution in [0, 0.1) is 6.92 Å². The van der Waals surface area contributed by atoms with Gasteiger partial charge in [-0.2, -0.15) is 0 Å². The van der Waals surface area contributed by atoms with Gasteiger partial charge in [0.15, 0.2) is 17.5 Å². The summed E-state index contributed by atoms with van der Waals surface area (Å²) in [6.07, 6.45) is 3.34. The summed E-state index contributed by atoms with van der Waals surface area (Å²) in [5.74, 6) is 3.60. The van der Waals surface area contributed by atoms with Crippen LogP contribution in [0.25, 0.3) is 11.0 Å². The Bertz CT molecular complexity index is 1120. The number of hydrogen-bond acceptors (Lipinski definition) is 4. The van der Waals surface area contributed by atoms with Gasteiger partial charge in [0.05, 0.1) is 11.0 Å². The largest absolute Gasteiger partial charge is 0.454 e. The Labute approximate surface area is 182 Å². The van der Waals surface area contributed by atoms with Gasteiger partial charge < -0.3 is 24.7 Å². The van der Waals surface area contributed by atoms with Gasteiger partial charge in [-0.1, -0.05) is 18.2 Å². The molecule has 162 valence electrons. The molecule has 0 unspecified atom stereocenters. The molecule has 0 bridgehead atoms. The van der Waals surface area contributed by atoms with E-state index in [4.69, 9.17) is 9.47 Å². The van der Waals surface area contributed by atoms with E-state index in [0.29, 0.717) is 6.79 Å². The summed E-state index contributed by atoms with van der Waals surface area (Å²) in [4.78, 5) is 9.05. The van der Waals surface area contributed by atoms with Crippen LogP contribution in [0.2, 0.25) is 0 Å². The maximum Gasteiger partial charge on any atom is 0.231 e. The number of aromatic nitrogens is 2. The van der Waals surface area contributed by atoms with Gasteiger partial charge in [0.2, 0.25) is 6.79 Å². The number of rotatable bonds is 7. The highest BCUT2D eigenvalue weighted by molar-refractivity contribution is 5.80. The zero-order valence-electron chi connectivity index (χ0n) is 18.1. The van der Waals surface area contributed by atoms with Crippen LogP contribution >= 0.6 is 0 Å². The molecule has 5 rings (SSSR count). The van der Waals surface area contributed by atoms with Gasteiger partial charge in [-0.05, 0) is 56.0 Å². The van der Waals surface area contributed by atoms with Crippen LogP contribution in [0.3, 0.4) is 0 Å². The Morgan fingerprint density at radius 3 is 2.81 bits per heavy atom. The van der Waals surface area contributed by atoms with Crippen LogP contribution in [-0.2, 0) is 12.0 Å². The molecule has 2 N–H and O–H groups in total. The fourth-order valence-electron chi connectivity index (χ4n) is 4.34. The molecule has 3 aromatic rings. The number of benzene rings is 2. The molecule has 2 aromatic carbocycles. The molecule has 1 saturated carbocycles. The zero-order valence-corrected chi connectivity index (χ0v) is 18.1. The number of aryl methyl sites for hydroxylation is 2. The summed E-state index contributed by atoms with van der Waals surface area (Å²) in [6, 6.07) is 14.6. The predicted molar refractivity (Wildman–Crippen MR) is 122 cm³/mol. The van der Waals surface area contributed by atoms with E-state index < -0.39 is 0 Å². The molecular formula is C24H29N5O2. The van der Waals surface area contributed by atoms with E-state index in [1.807, 2.05) is 19.2 Å². The number of nitrogens with one attached hydrogen (secondary N) is 2. The van der Waals surface area contributed by atoms with Crippen LogP contribution in [-0.4, -0.2) is 42.4 Å². The lowest BCUT2D eigenvalue weighted by atomic mass is 9.95. The second kappa shape index (κ2) is 8.13. The molecule has 0 atom stereocenters. The van der Waals surface area contributed by atoms with E-state index >= 15 is 0 Å². The molecule has 1 aromatic heterocycles. The summed E-state index contributed by atoms with van der Waals surface area (Å²) in [7, 11) is 1.82. The number of guanidine groups is 1. The third-order valence-electron chi connectivity index (χ3n) is 6.35. The summed E-state index contributed by atoms with van der Waals surface area (Å²) < 4.78 is 13.3. The smallest absolute Gasteiger partial charge is 0.231 e. The number of imidazole rings is 1. The Balaban J connectivity index is 1.13. The van der Waals surface area contributed by atoms with Gasteiger partial charge in [-0.15, -0.1) is 0 Å². The van der Waals surface area contributed by atoms with Crippen molar-refractivity contribution in [3.05, 3.63) is 53.9 Å².